The van der Waals surface area contributed by atoms with Gasteiger partial charge in [0.25, 0.3) is 0 Å². The van der Waals surface area contributed by atoms with Crippen molar-refractivity contribution in [2.24, 2.45) is 5.92 Å². The molecule has 114 valence electrons. The average molecular weight is 280 g/mol. The lowest BCUT2D eigenvalue weighted by atomic mass is 9.84. The summed E-state index contributed by atoms with van der Waals surface area (Å²) >= 11 is 0. The zero-order valence-corrected chi connectivity index (χ0v) is 13.2. The summed E-state index contributed by atoms with van der Waals surface area (Å²) in [6.07, 6.45) is 5.58. The molecule has 1 saturated heterocycles. The Kier molecular flexibility index (Phi) is 4.40. The van der Waals surface area contributed by atoms with Gasteiger partial charge in [0.1, 0.15) is 11.6 Å². The predicted octanol–water partition coefficient (Wildman–Crippen LogP) is 2.47. The number of hydrogen-bond donors (Lipinski definition) is 1. The van der Waals surface area contributed by atoms with Crippen LogP contribution in [0.3, 0.4) is 0 Å². The van der Waals surface area contributed by atoms with Crippen LogP contribution in [0.1, 0.15) is 66.2 Å². The predicted molar refractivity (Wildman–Crippen MR) is 79.2 cm³/mol. The standard InChI is InChI=1S/C16H28N2O2/c1-5-12(6-2)18-14(19)13(11(3)4)17-15(20)16(18)9-7-8-10-16/h11-13H,5-10H2,1-4H3,(H,17,20). The number of nitrogens with one attached hydrogen (secondary N) is 1. The van der Waals surface area contributed by atoms with Gasteiger partial charge in [0.2, 0.25) is 11.8 Å². The molecule has 2 fully saturated rings. The maximum absolute atomic E-state index is 12.9. The van der Waals surface area contributed by atoms with Crippen molar-refractivity contribution in [2.45, 2.75) is 83.8 Å². The minimum absolute atomic E-state index is 0.0835. The highest BCUT2D eigenvalue weighted by molar-refractivity contribution is 6.00. The van der Waals surface area contributed by atoms with E-state index in [0.717, 1.165) is 38.5 Å². The molecule has 1 aliphatic carbocycles. The fourth-order valence-electron chi connectivity index (χ4n) is 3.87. The van der Waals surface area contributed by atoms with Crippen LogP contribution in [0.4, 0.5) is 0 Å². The average Bonchev–Trinajstić information content (AvgIpc) is 2.89. The lowest BCUT2D eigenvalue weighted by molar-refractivity contribution is -0.162. The Morgan fingerprint density at radius 3 is 2.20 bits per heavy atom. The molecule has 20 heavy (non-hydrogen) atoms. The Bertz CT molecular complexity index is 382. The highest BCUT2D eigenvalue weighted by atomic mass is 16.2. The van der Waals surface area contributed by atoms with Crippen molar-refractivity contribution in [1.82, 2.24) is 10.2 Å². The van der Waals surface area contributed by atoms with Crippen LogP contribution in [0.2, 0.25) is 0 Å². The Morgan fingerprint density at radius 1 is 1.20 bits per heavy atom. The number of amides is 2. The van der Waals surface area contributed by atoms with Crippen molar-refractivity contribution in [1.29, 1.82) is 0 Å². The quantitative estimate of drug-likeness (QED) is 0.860. The van der Waals surface area contributed by atoms with Crippen molar-refractivity contribution in [2.75, 3.05) is 0 Å². The summed E-state index contributed by atoms with van der Waals surface area (Å²) < 4.78 is 0. The van der Waals surface area contributed by atoms with E-state index in [0.29, 0.717) is 0 Å². The lowest BCUT2D eigenvalue weighted by Crippen LogP contribution is -2.72. The molecule has 2 rings (SSSR count). The van der Waals surface area contributed by atoms with Crippen molar-refractivity contribution in [3.8, 4) is 0 Å². The molecule has 0 radical (unpaired) electrons. The van der Waals surface area contributed by atoms with Gasteiger partial charge in [-0.2, -0.15) is 0 Å². The van der Waals surface area contributed by atoms with Crippen LogP contribution in [0, 0.1) is 5.92 Å². The normalized spacial score (nSPS) is 25.9. The number of rotatable bonds is 4. The second-order valence-corrected chi connectivity index (χ2v) is 6.61. The first-order valence-electron chi connectivity index (χ1n) is 8.12. The molecule has 1 N–H and O–H groups in total. The smallest absolute Gasteiger partial charge is 0.246 e. The third-order valence-electron chi connectivity index (χ3n) is 5.08. The molecule has 1 aliphatic heterocycles. The van der Waals surface area contributed by atoms with Gasteiger partial charge >= 0.3 is 0 Å². The molecule has 0 aromatic carbocycles. The molecular formula is C16H28N2O2. The van der Waals surface area contributed by atoms with E-state index in [1.165, 1.54) is 0 Å². The molecule has 1 unspecified atom stereocenters. The van der Waals surface area contributed by atoms with Gasteiger partial charge in [-0.3, -0.25) is 9.59 Å². The van der Waals surface area contributed by atoms with Crippen LogP contribution in [-0.4, -0.2) is 34.3 Å². The summed E-state index contributed by atoms with van der Waals surface area (Å²) in [5.74, 6) is 0.359. The topological polar surface area (TPSA) is 49.4 Å². The zero-order chi connectivity index (χ0) is 14.9. The second-order valence-electron chi connectivity index (χ2n) is 6.61. The first-order chi connectivity index (χ1) is 9.47. The molecule has 1 heterocycles. The maximum atomic E-state index is 12.9. The van der Waals surface area contributed by atoms with Crippen LogP contribution in [-0.2, 0) is 9.59 Å². The third kappa shape index (κ3) is 2.23. The molecule has 0 aromatic heterocycles. The van der Waals surface area contributed by atoms with Gasteiger partial charge < -0.3 is 10.2 Å². The van der Waals surface area contributed by atoms with Gasteiger partial charge in [0, 0.05) is 6.04 Å². The maximum Gasteiger partial charge on any atom is 0.246 e. The third-order valence-corrected chi connectivity index (χ3v) is 5.08. The van der Waals surface area contributed by atoms with Crippen molar-refractivity contribution in [3.63, 3.8) is 0 Å². The van der Waals surface area contributed by atoms with E-state index < -0.39 is 5.54 Å². The summed E-state index contributed by atoms with van der Waals surface area (Å²) in [5.41, 5.74) is -0.556. The van der Waals surface area contributed by atoms with E-state index >= 15 is 0 Å². The van der Waals surface area contributed by atoms with E-state index in [1.54, 1.807) is 0 Å². The Labute approximate surface area is 122 Å². The molecule has 1 saturated carbocycles. The monoisotopic (exact) mass is 280 g/mol. The summed E-state index contributed by atoms with van der Waals surface area (Å²) in [5, 5.41) is 3.00. The van der Waals surface area contributed by atoms with E-state index in [1.807, 2.05) is 18.7 Å². The van der Waals surface area contributed by atoms with Crippen LogP contribution in [0.5, 0.6) is 0 Å². The van der Waals surface area contributed by atoms with Crippen LogP contribution in [0.15, 0.2) is 0 Å². The molecule has 1 spiro atoms. The van der Waals surface area contributed by atoms with Crippen LogP contribution in [0.25, 0.3) is 0 Å². The van der Waals surface area contributed by atoms with E-state index in [9.17, 15) is 9.59 Å². The van der Waals surface area contributed by atoms with E-state index in [-0.39, 0.29) is 29.8 Å². The Balaban J connectivity index is 2.41. The molecule has 2 amide bonds. The molecular weight excluding hydrogens is 252 g/mol. The minimum Gasteiger partial charge on any atom is -0.342 e. The number of hydrogen-bond acceptors (Lipinski definition) is 2. The minimum atomic E-state index is -0.556. The van der Waals surface area contributed by atoms with Gasteiger partial charge in [-0.1, -0.05) is 40.5 Å². The largest absolute Gasteiger partial charge is 0.342 e. The molecule has 4 heteroatoms. The number of carbonyl (C=O) groups excluding carboxylic acids is 2. The first kappa shape index (κ1) is 15.3. The molecule has 0 bridgehead atoms. The SMILES string of the molecule is CCC(CC)N1C(=O)C(C(C)C)NC(=O)C12CCCC2. The Hall–Kier alpha value is -1.06. The molecule has 4 nitrogen and oxygen atoms in total. The zero-order valence-electron chi connectivity index (χ0n) is 13.2. The summed E-state index contributed by atoms with van der Waals surface area (Å²) in [6.45, 7) is 8.23. The van der Waals surface area contributed by atoms with Crippen molar-refractivity contribution >= 4 is 11.8 Å². The van der Waals surface area contributed by atoms with E-state index in [4.69, 9.17) is 0 Å². The molecule has 2 aliphatic rings. The van der Waals surface area contributed by atoms with Crippen LogP contribution < -0.4 is 5.32 Å². The fourth-order valence-corrected chi connectivity index (χ4v) is 3.87. The van der Waals surface area contributed by atoms with Crippen LogP contribution >= 0.6 is 0 Å². The lowest BCUT2D eigenvalue weighted by Gasteiger charge is -2.50. The number of carbonyl (C=O) groups is 2. The summed E-state index contributed by atoms with van der Waals surface area (Å²) in [4.78, 5) is 27.6. The van der Waals surface area contributed by atoms with Gasteiger partial charge in [-0.15, -0.1) is 0 Å². The first-order valence-corrected chi connectivity index (χ1v) is 8.12. The highest BCUT2D eigenvalue weighted by Gasteiger charge is 2.55. The fraction of sp³-hybridized carbons (Fsp3) is 0.875. The van der Waals surface area contributed by atoms with Gasteiger partial charge in [-0.25, -0.2) is 0 Å². The molecule has 0 aromatic rings. The summed E-state index contributed by atoms with van der Waals surface area (Å²) in [7, 11) is 0. The number of nitrogens with zero attached hydrogens (tertiary/aromatic N) is 1. The van der Waals surface area contributed by atoms with E-state index in [2.05, 4.69) is 19.2 Å². The van der Waals surface area contributed by atoms with Gasteiger partial charge in [0.15, 0.2) is 0 Å². The summed E-state index contributed by atoms with van der Waals surface area (Å²) in [6, 6.07) is -0.165. The van der Waals surface area contributed by atoms with Gasteiger partial charge in [-0.05, 0) is 31.6 Å². The number of piperazine rings is 1. The van der Waals surface area contributed by atoms with Crippen molar-refractivity contribution < 1.29 is 9.59 Å². The Morgan fingerprint density at radius 2 is 1.75 bits per heavy atom. The second kappa shape index (κ2) is 5.74. The van der Waals surface area contributed by atoms with Gasteiger partial charge in [0.05, 0.1) is 0 Å². The van der Waals surface area contributed by atoms with Crippen molar-refractivity contribution in [3.05, 3.63) is 0 Å². The molecule has 1 atom stereocenters. The highest BCUT2D eigenvalue weighted by Crippen LogP contribution is 2.41.